The summed E-state index contributed by atoms with van der Waals surface area (Å²) in [5.74, 6) is 2.34. The highest BCUT2D eigenvalue weighted by molar-refractivity contribution is 6.34. The van der Waals surface area contributed by atoms with Crippen LogP contribution >= 0.6 is 23.2 Å². The van der Waals surface area contributed by atoms with E-state index in [1.165, 1.54) is 12.8 Å². The quantitative estimate of drug-likeness (QED) is 0.860. The Hall–Kier alpha value is -0.510. The summed E-state index contributed by atoms with van der Waals surface area (Å²) in [6.07, 6.45) is 2.59. The predicted molar refractivity (Wildman–Crippen MR) is 67.8 cm³/mol. The van der Waals surface area contributed by atoms with Crippen LogP contribution in [0.3, 0.4) is 0 Å². The van der Waals surface area contributed by atoms with Crippen LogP contribution in [0.15, 0.2) is 12.1 Å². The van der Waals surface area contributed by atoms with Gasteiger partial charge in [0.15, 0.2) is 0 Å². The van der Waals surface area contributed by atoms with E-state index < -0.39 is 0 Å². The molecule has 2 fully saturated rings. The lowest BCUT2D eigenvalue weighted by molar-refractivity contribution is 0.228. The third kappa shape index (κ3) is 2.84. The topological polar surface area (TPSA) is 34.1 Å². The van der Waals surface area contributed by atoms with Crippen molar-refractivity contribution < 1.29 is 4.74 Å². The summed E-state index contributed by atoms with van der Waals surface area (Å²) < 4.78 is 5.63. The molecule has 1 aromatic heterocycles. The molecule has 17 heavy (non-hydrogen) atoms. The van der Waals surface area contributed by atoms with E-state index in [9.17, 15) is 0 Å². The van der Waals surface area contributed by atoms with Crippen molar-refractivity contribution in [2.45, 2.75) is 18.9 Å². The molecule has 92 valence electrons. The van der Waals surface area contributed by atoms with Crippen LogP contribution in [0.2, 0.25) is 10.2 Å². The van der Waals surface area contributed by atoms with Gasteiger partial charge < -0.3 is 10.1 Å². The first kappa shape index (κ1) is 11.6. The smallest absolute Gasteiger partial charge is 0.216 e. The van der Waals surface area contributed by atoms with E-state index in [4.69, 9.17) is 27.9 Å². The average Bonchev–Trinajstić information content (AvgIpc) is 3.03. The van der Waals surface area contributed by atoms with Gasteiger partial charge in [-0.2, -0.15) is 0 Å². The Morgan fingerprint density at radius 3 is 2.94 bits per heavy atom. The molecule has 2 heterocycles. The minimum absolute atomic E-state index is 0.367. The number of halogens is 2. The van der Waals surface area contributed by atoms with Gasteiger partial charge in [0.25, 0.3) is 0 Å². The molecular formula is C12H14Cl2N2O. The van der Waals surface area contributed by atoms with Gasteiger partial charge in [-0.1, -0.05) is 23.2 Å². The molecule has 1 aliphatic heterocycles. The Morgan fingerprint density at radius 2 is 2.18 bits per heavy atom. The molecule has 0 spiro atoms. The molecule has 1 aliphatic carbocycles. The van der Waals surface area contributed by atoms with E-state index in [-0.39, 0.29) is 0 Å². The maximum atomic E-state index is 5.88. The second-order valence-electron chi connectivity index (χ2n) is 4.85. The van der Waals surface area contributed by atoms with Crippen LogP contribution in [-0.4, -0.2) is 24.2 Å². The highest BCUT2D eigenvalue weighted by atomic mass is 35.5. The molecular weight excluding hydrogens is 259 g/mol. The number of nitrogens with zero attached hydrogens (tertiary/aromatic N) is 1. The van der Waals surface area contributed by atoms with Crippen molar-refractivity contribution in [3.8, 4) is 5.88 Å². The monoisotopic (exact) mass is 272 g/mol. The Bertz CT molecular complexity index is 407. The largest absolute Gasteiger partial charge is 0.476 e. The fourth-order valence-corrected chi connectivity index (χ4v) is 2.90. The summed E-state index contributed by atoms with van der Waals surface area (Å²) >= 11 is 11.7. The summed E-state index contributed by atoms with van der Waals surface area (Å²) in [5, 5.41) is 4.41. The summed E-state index contributed by atoms with van der Waals surface area (Å²) in [4.78, 5) is 4.08. The molecule has 2 aliphatic rings. The average molecular weight is 273 g/mol. The fourth-order valence-electron chi connectivity index (χ4n) is 2.45. The molecule has 0 bridgehead atoms. The first-order valence-corrected chi connectivity index (χ1v) is 6.65. The molecule has 1 saturated heterocycles. The number of ether oxygens (including phenoxy) is 1. The Kier molecular flexibility index (Phi) is 3.16. The molecule has 1 aromatic rings. The lowest BCUT2D eigenvalue weighted by Gasteiger charge is -2.22. The molecule has 1 N–H and O–H groups in total. The van der Waals surface area contributed by atoms with Gasteiger partial charge in [-0.15, -0.1) is 0 Å². The summed E-state index contributed by atoms with van der Waals surface area (Å²) in [6.45, 7) is 1.76. The van der Waals surface area contributed by atoms with E-state index in [0.717, 1.165) is 18.4 Å². The number of piperidine rings is 1. The van der Waals surface area contributed by atoms with Crippen LogP contribution in [0.4, 0.5) is 0 Å². The molecule has 3 atom stereocenters. The minimum Gasteiger partial charge on any atom is -0.476 e. The second-order valence-corrected chi connectivity index (χ2v) is 5.68. The zero-order valence-corrected chi connectivity index (χ0v) is 10.8. The number of rotatable bonds is 3. The number of hydrogen-bond acceptors (Lipinski definition) is 3. The van der Waals surface area contributed by atoms with Crippen molar-refractivity contribution in [3.05, 3.63) is 22.3 Å². The summed E-state index contributed by atoms with van der Waals surface area (Å²) in [5.41, 5.74) is 0. The normalized spacial score (nSPS) is 30.8. The molecule has 3 rings (SSSR count). The van der Waals surface area contributed by atoms with Gasteiger partial charge in [-0.3, -0.25) is 0 Å². The van der Waals surface area contributed by atoms with E-state index >= 15 is 0 Å². The lowest BCUT2D eigenvalue weighted by atomic mass is 10.1. The van der Waals surface area contributed by atoms with Gasteiger partial charge in [-0.05, 0) is 37.3 Å². The number of hydrogen-bond donors (Lipinski definition) is 1. The Balaban J connectivity index is 1.55. The molecule has 0 amide bonds. The van der Waals surface area contributed by atoms with Crippen molar-refractivity contribution >= 4 is 23.2 Å². The predicted octanol–water partition coefficient (Wildman–Crippen LogP) is 2.77. The second kappa shape index (κ2) is 4.63. The van der Waals surface area contributed by atoms with E-state index in [1.54, 1.807) is 12.1 Å². The lowest BCUT2D eigenvalue weighted by Crippen LogP contribution is -2.39. The van der Waals surface area contributed by atoms with E-state index in [2.05, 4.69) is 10.3 Å². The maximum absolute atomic E-state index is 5.88. The zero-order valence-electron chi connectivity index (χ0n) is 9.33. The van der Waals surface area contributed by atoms with Crippen molar-refractivity contribution in [1.29, 1.82) is 0 Å². The minimum atomic E-state index is 0.367. The van der Waals surface area contributed by atoms with Crippen LogP contribution in [-0.2, 0) is 0 Å². The van der Waals surface area contributed by atoms with Crippen LogP contribution in [0, 0.1) is 11.8 Å². The van der Waals surface area contributed by atoms with E-state index in [0.29, 0.717) is 28.7 Å². The van der Waals surface area contributed by atoms with Crippen molar-refractivity contribution in [1.82, 2.24) is 10.3 Å². The maximum Gasteiger partial charge on any atom is 0.216 e. The summed E-state index contributed by atoms with van der Waals surface area (Å²) in [7, 11) is 0. The van der Waals surface area contributed by atoms with Crippen molar-refractivity contribution in [2.24, 2.45) is 11.8 Å². The molecule has 0 radical (unpaired) electrons. The number of nitrogens with one attached hydrogen (secondary N) is 1. The third-order valence-electron chi connectivity index (χ3n) is 3.49. The Labute approximate surface area is 110 Å². The number of fused-ring (bicyclic) bond motifs is 1. The standard InChI is InChI=1S/C12H14Cl2N2O/c13-9-3-11(14)16-12(4-9)17-6-10-2-7-1-8(7)5-15-10/h3-4,7-8,10,15H,1-2,5-6H2. The zero-order chi connectivity index (χ0) is 11.8. The fraction of sp³-hybridized carbons (Fsp3) is 0.583. The molecule has 5 heteroatoms. The van der Waals surface area contributed by atoms with Gasteiger partial charge in [0.1, 0.15) is 11.8 Å². The van der Waals surface area contributed by atoms with Crippen molar-refractivity contribution in [3.63, 3.8) is 0 Å². The van der Waals surface area contributed by atoms with Crippen LogP contribution in [0.1, 0.15) is 12.8 Å². The number of aromatic nitrogens is 1. The van der Waals surface area contributed by atoms with Gasteiger partial charge in [0.05, 0.1) is 0 Å². The first-order valence-electron chi connectivity index (χ1n) is 5.90. The van der Waals surface area contributed by atoms with Gasteiger partial charge in [0, 0.05) is 17.1 Å². The van der Waals surface area contributed by atoms with Gasteiger partial charge in [-0.25, -0.2) is 4.98 Å². The first-order chi connectivity index (χ1) is 8.20. The Morgan fingerprint density at radius 1 is 1.29 bits per heavy atom. The van der Waals surface area contributed by atoms with Crippen LogP contribution in [0.25, 0.3) is 0 Å². The van der Waals surface area contributed by atoms with Crippen molar-refractivity contribution in [2.75, 3.05) is 13.2 Å². The SMILES string of the molecule is Clc1cc(Cl)nc(OCC2CC3CC3CN2)c1. The number of pyridine rings is 1. The molecule has 1 saturated carbocycles. The van der Waals surface area contributed by atoms with Gasteiger partial charge >= 0.3 is 0 Å². The molecule has 0 aromatic carbocycles. The molecule has 3 nitrogen and oxygen atoms in total. The summed E-state index contributed by atoms with van der Waals surface area (Å²) in [6, 6.07) is 3.72. The molecule has 3 unspecified atom stereocenters. The highest BCUT2D eigenvalue weighted by Crippen LogP contribution is 2.44. The third-order valence-corrected chi connectivity index (χ3v) is 3.90. The van der Waals surface area contributed by atoms with E-state index in [1.807, 2.05) is 0 Å². The van der Waals surface area contributed by atoms with Crippen LogP contribution in [0.5, 0.6) is 5.88 Å². The van der Waals surface area contributed by atoms with Crippen LogP contribution < -0.4 is 10.1 Å². The van der Waals surface area contributed by atoms with Gasteiger partial charge in [0.2, 0.25) is 5.88 Å². The highest BCUT2D eigenvalue weighted by Gasteiger charge is 2.41.